The van der Waals surface area contributed by atoms with Gasteiger partial charge in [0.2, 0.25) is 0 Å². The Morgan fingerprint density at radius 2 is 2.09 bits per heavy atom. The third-order valence-corrected chi connectivity index (χ3v) is 3.66. The van der Waals surface area contributed by atoms with Gasteiger partial charge in [-0.2, -0.15) is 0 Å². The summed E-state index contributed by atoms with van der Waals surface area (Å²) >= 11 is 11.7. The molecule has 7 heteroatoms. The van der Waals surface area contributed by atoms with E-state index in [0.717, 1.165) is 5.56 Å². The standard InChI is InChI=1S/C15H15Cl2N3O2/c1-20(8-9-3-4-14(17)19-7-9)15(21)10-5-11(16)12(18)6-13(10)22-2/h3-7H,8,18H2,1-2H3. The molecule has 1 aromatic carbocycles. The average molecular weight is 340 g/mol. The second kappa shape index (κ2) is 6.85. The molecule has 2 rings (SSSR count). The summed E-state index contributed by atoms with van der Waals surface area (Å²) in [4.78, 5) is 18.1. The minimum Gasteiger partial charge on any atom is -0.496 e. The Hall–Kier alpha value is -1.98. The highest BCUT2D eigenvalue weighted by Crippen LogP contribution is 2.29. The van der Waals surface area contributed by atoms with Crippen molar-refractivity contribution in [3.05, 3.63) is 51.8 Å². The fourth-order valence-corrected chi connectivity index (χ4v) is 2.23. The summed E-state index contributed by atoms with van der Waals surface area (Å²) in [5.74, 6) is 0.154. The van der Waals surface area contributed by atoms with Crippen molar-refractivity contribution < 1.29 is 9.53 Å². The van der Waals surface area contributed by atoms with Gasteiger partial charge in [-0.25, -0.2) is 4.98 Å². The number of hydrogen-bond donors (Lipinski definition) is 1. The van der Waals surface area contributed by atoms with E-state index in [2.05, 4.69) is 4.98 Å². The summed E-state index contributed by atoms with van der Waals surface area (Å²) in [5, 5.41) is 0.718. The van der Waals surface area contributed by atoms with Gasteiger partial charge in [0.1, 0.15) is 10.9 Å². The second-order valence-electron chi connectivity index (χ2n) is 4.72. The van der Waals surface area contributed by atoms with Crippen molar-refractivity contribution in [2.24, 2.45) is 0 Å². The molecule has 116 valence electrons. The Bertz CT molecular complexity index is 690. The van der Waals surface area contributed by atoms with Gasteiger partial charge < -0.3 is 15.4 Å². The van der Waals surface area contributed by atoms with E-state index in [9.17, 15) is 4.79 Å². The number of rotatable bonds is 4. The number of benzene rings is 1. The number of aromatic nitrogens is 1. The zero-order chi connectivity index (χ0) is 16.3. The molecule has 0 bridgehead atoms. The van der Waals surface area contributed by atoms with Crippen molar-refractivity contribution in [3.63, 3.8) is 0 Å². The number of carbonyl (C=O) groups excluding carboxylic acids is 1. The lowest BCUT2D eigenvalue weighted by Gasteiger charge is -2.19. The van der Waals surface area contributed by atoms with Gasteiger partial charge in [-0.15, -0.1) is 0 Å². The maximum absolute atomic E-state index is 12.6. The van der Waals surface area contributed by atoms with Gasteiger partial charge >= 0.3 is 0 Å². The molecule has 0 saturated heterocycles. The van der Waals surface area contributed by atoms with Gasteiger partial charge in [-0.1, -0.05) is 29.3 Å². The number of hydrogen-bond acceptors (Lipinski definition) is 4. The number of halogens is 2. The van der Waals surface area contributed by atoms with E-state index in [1.165, 1.54) is 24.1 Å². The van der Waals surface area contributed by atoms with Gasteiger partial charge in [0.15, 0.2) is 0 Å². The Balaban J connectivity index is 2.23. The molecule has 1 heterocycles. The molecule has 0 unspecified atom stereocenters. The molecule has 0 atom stereocenters. The van der Waals surface area contributed by atoms with Crippen LogP contribution in [-0.4, -0.2) is 29.9 Å². The van der Waals surface area contributed by atoms with E-state index in [4.69, 9.17) is 33.7 Å². The number of ether oxygens (including phenoxy) is 1. The first-order valence-corrected chi connectivity index (χ1v) is 7.17. The van der Waals surface area contributed by atoms with Gasteiger partial charge in [0, 0.05) is 25.9 Å². The maximum atomic E-state index is 12.6. The summed E-state index contributed by atoms with van der Waals surface area (Å²) in [6, 6.07) is 6.53. The molecule has 22 heavy (non-hydrogen) atoms. The van der Waals surface area contributed by atoms with Crippen molar-refractivity contribution >= 4 is 34.8 Å². The van der Waals surface area contributed by atoms with Gasteiger partial charge in [0.25, 0.3) is 5.91 Å². The first-order valence-electron chi connectivity index (χ1n) is 6.41. The topological polar surface area (TPSA) is 68.5 Å². The molecular formula is C15H15Cl2N3O2. The quantitative estimate of drug-likeness (QED) is 0.685. The number of nitrogens with two attached hydrogens (primary N) is 1. The molecule has 2 N–H and O–H groups in total. The minimum atomic E-state index is -0.228. The van der Waals surface area contributed by atoms with E-state index in [1.807, 2.05) is 6.07 Å². The molecule has 1 amide bonds. The lowest BCUT2D eigenvalue weighted by molar-refractivity contribution is 0.0781. The van der Waals surface area contributed by atoms with Gasteiger partial charge in [-0.05, 0) is 17.7 Å². The zero-order valence-corrected chi connectivity index (χ0v) is 13.6. The van der Waals surface area contributed by atoms with E-state index < -0.39 is 0 Å². The van der Waals surface area contributed by atoms with Gasteiger partial charge in [-0.3, -0.25) is 4.79 Å². The Morgan fingerprint density at radius 3 is 2.68 bits per heavy atom. The third kappa shape index (κ3) is 3.61. The summed E-state index contributed by atoms with van der Waals surface area (Å²) in [7, 11) is 3.16. The van der Waals surface area contributed by atoms with Crippen LogP contribution in [0.15, 0.2) is 30.5 Å². The van der Waals surface area contributed by atoms with Crippen LogP contribution in [0.1, 0.15) is 15.9 Å². The predicted molar refractivity (Wildman–Crippen MR) is 87.5 cm³/mol. The van der Waals surface area contributed by atoms with E-state index in [0.29, 0.717) is 33.7 Å². The van der Waals surface area contributed by atoms with Crippen LogP contribution in [0.25, 0.3) is 0 Å². The highest BCUT2D eigenvalue weighted by Gasteiger charge is 2.19. The zero-order valence-electron chi connectivity index (χ0n) is 12.1. The number of amides is 1. The number of nitrogen functional groups attached to an aromatic ring is 1. The van der Waals surface area contributed by atoms with Crippen LogP contribution in [0.5, 0.6) is 5.75 Å². The average Bonchev–Trinajstić information content (AvgIpc) is 2.51. The van der Waals surface area contributed by atoms with Crippen LogP contribution in [-0.2, 0) is 6.54 Å². The summed E-state index contributed by atoms with van der Waals surface area (Å²) in [6.07, 6.45) is 1.62. The van der Waals surface area contributed by atoms with Crippen LogP contribution in [0.2, 0.25) is 10.2 Å². The monoisotopic (exact) mass is 339 g/mol. The van der Waals surface area contributed by atoms with Crippen molar-refractivity contribution in [3.8, 4) is 5.75 Å². The van der Waals surface area contributed by atoms with Crippen LogP contribution < -0.4 is 10.5 Å². The molecule has 5 nitrogen and oxygen atoms in total. The number of carbonyl (C=O) groups is 1. The minimum absolute atomic E-state index is 0.228. The first kappa shape index (κ1) is 16.4. The molecule has 0 aliphatic carbocycles. The van der Waals surface area contributed by atoms with Crippen LogP contribution in [0, 0.1) is 0 Å². The number of methoxy groups -OCH3 is 1. The fraction of sp³-hybridized carbons (Fsp3) is 0.200. The maximum Gasteiger partial charge on any atom is 0.257 e. The number of anilines is 1. The van der Waals surface area contributed by atoms with Crippen LogP contribution in [0.4, 0.5) is 5.69 Å². The van der Waals surface area contributed by atoms with Crippen molar-refractivity contribution in [2.45, 2.75) is 6.54 Å². The fourth-order valence-electron chi connectivity index (χ4n) is 1.96. The summed E-state index contributed by atoms with van der Waals surface area (Å²) in [5.41, 5.74) is 7.30. The second-order valence-corrected chi connectivity index (χ2v) is 5.52. The van der Waals surface area contributed by atoms with Crippen LogP contribution >= 0.6 is 23.2 Å². The molecule has 0 fully saturated rings. The lowest BCUT2D eigenvalue weighted by Crippen LogP contribution is -2.26. The van der Waals surface area contributed by atoms with E-state index in [1.54, 1.807) is 19.3 Å². The molecule has 0 aliphatic heterocycles. The van der Waals surface area contributed by atoms with E-state index in [-0.39, 0.29) is 5.91 Å². The predicted octanol–water partition coefficient (Wildman–Crippen LogP) is 3.25. The van der Waals surface area contributed by atoms with E-state index >= 15 is 0 Å². The summed E-state index contributed by atoms with van der Waals surface area (Å²) < 4.78 is 5.20. The number of nitrogens with zero attached hydrogens (tertiary/aromatic N) is 2. The summed E-state index contributed by atoms with van der Waals surface area (Å²) in [6.45, 7) is 0.383. The van der Waals surface area contributed by atoms with Crippen molar-refractivity contribution in [2.75, 3.05) is 19.9 Å². The molecule has 1 aromatic heterocycles. The molecular weight excluding hydrogens is 325 g/mol. The normalized spacial score (nSPS) is 10.4. The molecule has 0 aliphatic rings. The SMILES string of the molecule is COc1cc(N)c(Cl)cc1C(=O)N(C)Cc1ccc(Cl)nc1. The molecule has 2 aromatic rings. The Morgan fingerprint density at radius 1 is 1.36 bits per heavy atom. The third-order valence-electron chi connectivity index (χ3n) is 3.10. The highest BCUT2D eigenvalue weighted by atomic mass is 35.5. The first-order chi connectivity index (χ1) is 10.4. The van der Waals surface area contributed by atoms with Crippen molar-refractivity contribution in [1.29, 1.82) is 0 Å². The highest BCUT2D eigenvalue weighted by molar-refractivity contribution is 6.33. The smallest absolute Gasteiger partial charge is 0.257 e. The van der Waals surface area contributed by atoms with Crippen LogP contribution in [0.3, 0.4) is 0 Å². The Labute approximate surface area is 138 Å². The number of pyridine rings is 1. The molecule has 0 saturated carbocycles. The van der Waals surface area contributed by atoms with Crippen molar-refractivity contribution in [1.82, 2.24) is 9.88 Å². The lowest BCUT2D eigenvalue weighted by atomic mass is 10.1. The molecule has 0 radical (unpaired) electrons. The largest absolute Gasteiger partial charge is 0.496 e. The Kier molecular flexibility index (Phi) is 5.11. The van der Waals surface area contributed by atoms with Gasteiger partial charge in [0.05, 0.1) is 23.4 Å². The molecule has 0 spiro atoms.